The van der Waals surface area contributed by atoms with Crippen molar-refractivity contribution in [2.24, 2.45) is 0 Å². The van der Waals surface area contributed by atoms with Crippen LogP contribution < -0.4 is 5.32 Å². The molecule has 98 valence electrons. The van der Waals surface area contributed by atoms with E-state index in [4.69, 9.17) is 0 Å². The van der Waals surface area contributed by atoms with Crippen LogP contribution in [0, 0.1) is 0 Å². The Morgan fingerprint density at radius 1 is 1.28 bits per heavy atom. The molecule has 0 aliphatic heterocycles. The molecule has 1 aromatic carbocycles. The fourth-order valence-electron chi connectivity index (χ4n) is 1.84. The summed E-state index contributed by atoms with van der Waals surface area (Å²) < 4.78 is 0. The van der Waals surface area contributed by atoms with Gasteiger partial charge in [-0.05, 0) is 19.4 Å². The summed E-state index contributed by atoms with van der Waals surface area (Å²) in [6.07, 6.45) is 0. The van der Waals surface area contributed by atoms with Crippen molar-refractivity contribution in [2.45, 2.75) is 33.4 Å². The molecule has 18 heavy (non-hydrogen) atoms. The highest BCUT2D eigenvalue weighted by Crippen LogP contribution is 2.02. The lowest BCUT2D eigenvalue weighted by Gasteiger charge is -2.25. The standard InChI is InChI=1S/C14H20N2O2/c1-4-16(12(3)17)11(2)14(18)15-10-13-8-6-5-7-9-13/h5-9,11H,4,10H2,1-3H3,(H,15,18)/t11-/m1/s1. The van der Waals surface area contributed by atoms with Crippen molar-refractivity contribution in [3.05, 3.63) is 35.9 Å². The van der Waals surface area contributed by atoms with Crippen molar-refractivity contribution in [1.82, 2.24) is 10.2 Å². The Morgan fingerprint density at radius 2 is 1.89 bits per heavy atom. The average molecular weight is 248 g/mol. The van der Waals surface area contributed by atoms with Gasteiger partial charge in [0.25, 0.3) is 0 Å². The maximum absolute atomic E-state index is 11.9. The first-order valence-electron chi connectivity index (χ1n) is 6.15. The van der Waals surface area contributed by atoms with E-state index < -0.39 is 6.04 Å². The number of carbonyl (C=O) groups is 2. The molecule has 4 heteroatoms. The van der Waals surface area contributed by atoms with Crippen LogP contribution in [0.15, 0.2) is 30.3 Å². The fourth-order valence-corrected chi connectivity index (χ4v) is 1.84. The highest BCUT2D eigenvalue weighted by molar-refractivity contribution is 5.86. The predicted octanol–water partition coefficient (Wildman–Crippen LogP) is 1.56. The molecule has 1 aromatic rings. The molecule has 0 aliphatic carbocycles. The van der Waals surface area contributed by atoms with Gasteiger partial charge in [0.05, 0.1) is 0 Å². The van der Waals surface area contributed by atoms with Gasteiger partial charge in [-0.1, -0.05) is 30.3 Å². The van der Waals surface area contributed by atoms with Gasteiger partial charge in [0.2, 0.25) is 11.8 Å². The number of rotatable bonds is 5. The number of carbonyl (C=O) groups excluding carboxylic acids is 2. The number of amides is 2. The summed E-state index contributed by atoms with van der Waals surface area (Å²) in [5, 5.41) is 2.84. The van der Waals surface area contributed by atoms with Crippen LogP contribution in [-0.2, 0) is 16.1 Å². The summed E-state index contributed by atoms with van der Waals surface area (Å²) in [5.41, 5.74) is 1.05. The molecular formula is C14H20N2O2. The van der Waals surface area contributed by atoms with Crippen molar-refractivity contribution in [3.8, 4) is 0 Å². The minimum absolute atomic E-state index is 0.0835. The molecule has 0 heterocycles. The molecule has 1 rings (SSSR count). The SMILES string of the molecule is CCN(C(C)=O)[C@H](C)C(=O)NCc1ccccc1. The molecule has 2 amide bonds. The van der Waals surface area contributed by atoms with Crippen molar-refractivity contribution in [2.75, 3.05) is 6.54 Å². The van der Waals surface area contributed by atoms with E-state index in [-0.39, 0.29) is 11.8 Å². The topological polar surface area (TPSA) is 49.4 Å². The first-order valence-corrected chi connectivity index (χ1v) is 6.15. The van der Waals surface area contributed by atoms with Crippen LogP contribution in [-0.4, -0.2) is 29.3 Å². The maximum Gasteiger partial charge on any atom is 0.242 e. The molecule has 0 aliphatic rings. The molecule has 0 spiro atoms. The van der Waals surface area contributed by atoms with Gasteiger partial charge in [-0.3, -0.25) is 9.59 Å². The highest BCUT2D eigenvalue weighted by atomic mass is 16.2. The molecule has 1 N–H and O–H groups in total. The van der Waals surface area contributed by atoms with Gasteiger partial charge in [0.15, 0.2) is 0 Å². The van der Waals surface area contributed by atoms with E-state index in [1.807, 2.05) is 37.3 Å². The summed E-state index contributed by atoms with van der Waals surface area (Å²) in [4.78, 5) is 24.8. The average Bonchev–Trinajstić information content (AvgIpc) is 2.37. The molecule has 0 fully saturated rings. The van der Waals surface area contributed by atoms with E-state index in [2.05, 4.69) is 5.32 Å². The van der Waals surface area contributed by atoms with Crippen molar-refractivity contribution < 1.29 is 9.59 Å². The monoisotopic (exact) mass is 248 g/mol. The largest absolute Gasteiger partial charge is 0.350 e. The third-order valence-electron chi connectivity index (χ3n) is 2.90. The van der Waals surface area contributed by atoms with Gasteiger partial charge in [-0.25, -0.2) is 0 Å². The van der Waals surface area contributed by atoms with Gasteiger partial charge in [-0.15, -0.1) is 0 Å². The summed E-state index contributed by atoms with van der Waals surface area (Å²) in [6, 6.07) is 9.26. The number of nitrogens with zero attached hydrogens (tertiary/aromatic N) is 1. The minimum atomic E-state index is -0.434. The third kappa shape index (κ3) is 3.87. The quantitative estimate of drug-likeness (QED) is 0.859. The Bertz CT molecular complexity index is 404. The maximum atomic E-state index is 11.9. The van der Waals surface area contributed by atoms with E-state index in [0.717, 1.165) is 5.56 Å². The Morgan fingerprint density at radius 3 is 2.39 bits per heavy atom. The van der Waals surface area contributed by atoms with Crippen LogP contribution in [0.3, 0.4) is 0 Å². The second-order valence-electron chi connectivity index (χ2n) is 4.18. The van der Waals surface area contributed by atoms with Crippen molar-refractivity contribution in [3.63, 3.8) is 0 Å². The van der Waals surface area contributed by atoms with Gasteiger partial charge in [0.1, 0.15) is 6.04 Å². The molecular weight excluding hydrogens is 228 g/mol. The van der Waals surface area contributed by atoms with Crippen LogP contribution in [0.4, 0.5) is 0 Å². The molecule has 0 saturated carbocycles. The highest BCUT2D eigenvalue weighted by Gasteiger charge is 2.21. The summed E-state index contributed by atoms with van der Waals surface area (Å²) in [5.74, 6) is -0.212. The molecule has 0 unspecified atom stereocenters. The van der Waals surface area contributed by atoms with E-state index in [0.29, 0.717) is 13.1 Å². The Kier molecular flexibility index (Phi) is 5.36. The number of hydrogen-bond donors (Lipinski definition) is 1. The second-order valence-corrected chi connectivity index (χ2v) is 4.18. The number of benzene rings is 1. The van der Waals surface area contributed by atoms with Gasteiger partial charge in [-0.2, -0.15) is 0 Å². The zero-order chi connectivity index (χ0) is 13.5. The zero-order valence-electron chi connectivity index (χ0n) is 11.1. The smallest absolute Gasteiger partial charge is 0.242 e. The molecule has 0 aromatic heterocycles. The molecule has 4 nitrogen and oxygen atoms in total. The van der Waals surface area contributed by atoms with Crippen LogP contribution in [0.5, 0.6) is 0 Å². The fraction of sp³-hybridized carbons (Fsp3) is 0.429. The lowest BCUT2D eigenvalue weighted by Crippen LogP contribution is -2.46. The van der Waals surface area contributed by atoms with Crippen molar-refractivity contribution in [1.29, 1.82) is 0 Å². The first kappa shape index (κ1) is 14.2. The molecule has 0 radical (unpaired) electrons. The minimum Gasteiger partial charge on any atom is -0.350 e. The van der Waals surface area contributed by atoms with Crippen LogP contribution in [0.2, 0.25) is 0 Å². The Labute approximate surface area is 108 Å². The van der Waals surface area contributed by atoms with Crippen LogP contribution in [0.25, 0.3) is 0 Å². The molecule has 1 atom stereocenters. The van der Waals surface area contributed by atoms with Gasteiger partial charge >= 0.3 is 0 Å². The number of hydrogen-bond acceptors (Lipinski definition) is 2. The lowest BCUT2D eigenvalue weighted by atomic mass is 10.2. The normalized spacial score (nSPS) is 11.7. The van der Waals surface area contributed by atoms with E-state index in [1.165, 1.54) is 6.92 Å². The third-order valence-corrected chi connectivity index (χ3v) is 2.90. The van der Waals surface area contributed by atoms with Gasteiger partial charge in [0, 0.05) is 20.0 Å². The Balaban J connectivity index is 2.52. The lowest BCUT2D eigenvalue weighted by molar-refractivity contribution is -0.138. The van der Waals surface area contributed by atoms with Gasteiger partial charge < -0.3 is 10.2 Å². The first-order chi connectivity index (χ1) is 8.56. The van der Waals surface area contributed by atoms with Crippen molar-refractivity contribution >= 4 is 11.8 Å². The Hall–Kier alpha value is -1.84. The van der Waals surface area contributed by atoms with Crippen LogP contribution in [0.1, 0.15) is 26.3 Å². The van der Waals surface area contributed by atoms with E-state index in [9.17, 15) is 9.59 Å². The second kappa shape index (κ2) is 6.79. The number of likely N-dealkylation sites (N-methyl/N-ethyl adjacent to an activating group) is 1. The summed E-state index contributed by atoms with van der Waals surface area (Å²) in [6.45, 7) is 6.10. The summed E-state index contributed by atoms with van der Waals surface area (Å²) in [7, 11) is 0. The van der Waals surface area contributed by atoms with E-state index >= 15 is 0 Å². The molecule has 0 bridgehead atoms. The summed E-state index contributed by atoms with van der Waals surface area (Å²) >= 11 is 0. The van der Waals surface area contributed by atoms with Crippen LogP contribution >= 0.6 is 0 Å². The van der Waals surface area contributed by atoms with E-state index in [1.54, 1.807) is 11.8 Å². The zero-order valence-corrected chi connectivity index (χ0v) is 11.1. The molecule has 0 saturated heterocycles. The number of nitrogens with one attached hydrogen (secondary N) is 1. The predicted molar refractivity (Wildman–Crippen MR) is 70.8 cm³/mol.